The molecule has 0 spiro atoms. The smallest absolute Gasteiger partial charge is 0.144 e. The zero-order valence-electron chi connectivity index (χ0n) is 9.09. The molecule has 0 saturated heterocycles. The molecule has 2 heteroatoms. The topological polar surface area (TPSA) is 22.4 Å². The maximum atomic E-state index is 5.95. The van der Waals surface area contributed by atoms with Crippen LogP contribution in [0.1, 0.15) is 5.56 Å². The van der Waals surface area contributed by atoms with Crippen molar-refractivity contribution < 1.29 is 9.15 Å². The molecule has 2 aromatic rings. The second-order valence-electron chi connectivity index (χ2n) is 4.24. The number of furan rings is 1. The number of ether oxygens (including phenoxy) is 1. The number of rotatable bonds is 0. The lowest BCUT2D eigenvalue weighted by Crippen LogP contribution is -2.20. The molecular formula is C15H10O2. The Kier molecular flexibility index (Phi) is 1.64. The fraction of sp³-hybridized carbons (Fsp3) is 0.0667. The van der Waals surface area contributed by atoms with E-state index in [2.05, 4.69) is 18.2 Å². The van der Waals surface area contributed by atoms with Crippen molar-refractivity contribution in [3.05, 3.63) is 59.9 Å². The minimum absolute atomic E-state index is 0.0416. The summed E-state index contributed by atoms with van der Waals surface area (Å²) in [6.07, 6.45) is 12.1. The van der Waals surface area contributed by atoms with Gasteiger partial charge in [-0.25, -0.2) is 0 Å². The van der Waals surface area contributed by atoms with Crippen LogP contribution in [0.2, 0.25) is 0 Å². The lowest BCUT2D eigenvalue weighted by atomic mass is 9.97. The molecule has 1 aromatic heterocycles. The van der Waals surface area contributed by atoms with Crippen LogP contribution in [-0.4, -0.2) is 6.10 Å². The molecule has 17 heavy (non-hydrogen) atoms. The fourth-order valence-corrected chi connectivity index (χ4v) is 2.35. The van der Waals surface area contributed by atoms with Gasteiger partial charge in [0.2, 0.25) is 0 Å². The Labute approximate surface area is 98.5 Å². The summed E-state index contributed by atoms with van der Waals surface area (Å²) < 4.78 is 11.5. The van der Waals surface area contributed by atoms with Gasteiger partial charge in [0.25, 0.3) is 0 Å². The molecule has 2 heterocycles. The maximum Gasteiger partial charge on any atom is 0.144 e. The van der Waals surface area contributed by atoms with Crippen LogP contribution in [0.25, 0.3) is 17.0 Å². The second kappa shape index (κ2) is 3.14. The van der Waals surface area contributed by atoms with Crippen molar-refractivity contribution in [2.75, 3.05) is 0 Å². The van der Waals surface area contributed by atoms with Crippen molar-refractivity contribution in [3.8, 4) is 5.75 Å². The fourth-order valence-electron chi connectivity index (χ4n) is 2.35. The third-order valence-corrected chi connectivity index (χ3v) is 3.20. The van der Waals surface area contributed by atoms with Gasteiger partial charge >= 0.3 is 0 Å². The van der Waals surface area contributed by atoms with Crippen molar-refractivity contribution in [1.29, 1.82) is 0 Å². The van der Waals surface area contributed by atoms with Gasteiger partial charge in [-0.1, -0.05) is 18.2 Å². The highest BCUT2D eigenvalue weighted by Crippen LogP contribution is 2.37. The Balaban J connectivity index is 2.01. The van der Waals surface area contributed by atoms with Gasteiger partial charge in [-0.15, -0.1) is 0 Å². The first kappa shape index (κ1) is 8.88. The SMILES string of the molecule is C1=CC2=Cc3c(ccc4ccoc34)OC2C=C1. The summed E-state index contributed by atoms with van der Waals surface area (Å²) in [6, 6.07) is 6.00. The summed E-state index contributed by atoms with van der Waals surface area (Å²) in [5, 5.41) is 1.11. The quantitative estimate of drug-likeness (QED) is 0.678. The molecule has 1 aliphatic heterocycles. The predicted octanol–water partition coefficient (Wildman–Crippen LogP) is 3.70. The van der Waals surface area contributed by atoms with Gasteiger partial charge in [0.15, 0.2) is 0 Å². The van der Waals surface area contributed by atoms with Crippen molar-refractivity contribution >= 4 is 17.0 Å². The Morgan fingerprint density at radius 2 is 2.06 bits per heavy atom. The van der Waals surface area contributed by atoms with Gasteiger partial charge in [-0.3, -0.25) is 0 Å². The molecule has 82 valence electrons. The van der Waals surface area contributed by atoms with Crippen LogP contribution in [0.15, 0.2) is 58.8 Å². The molecule has 0 fully saturated rings. The van der Waals surface area contributed by atoms with E-state index in [1.165, 1.54) is 5.57 Å². The van der Waals surface area contributed by atoms with Crippen molar-refractivity contribution in [3.63, 3.8) is 0 Å². The molecule has 2 nitrogen and oxygen atoms in total. The minimum Gasteiger partial charge on any atom is -0.481 e. The molecule has 0 radical (unpaired) electrons. The van der Waals surface area contributed by atoms with E-state index in [1.807, 2.05) is 30.4 Å². The van der Waals surface area contributed by atoms with Crippen molar-refractivity contribution in [2.24, 2.45) is 0 Å². The number of fused-ring (bicyclic) bond motifs is 4. The molecule has 1 aliphatic carbocycles. The van der Waals surface area contributed by atoms with Crippen LogP contribution in [0.5, 0.6) is 5.75 Å². The number of hydrogen-bond acceptors (Lipinski definition) is 2. The maximum absolute atomic E-state index is 5.95. The predicted molar refractivity (Wildman–Crippen MR) is 66.9 cm³/mol. The summed E-state index contributed by atoms with van der Waals surface area (Å²) in [6.45, 7) is 0. The van der Waals surface area contributed by atoms with Crippen molar-refractivity contribution in [1.82, 2.24) is 0 Å². The molecular weight excluding hydrogens is 212 g/mol. The summed E-state index contributed by atoms with van der Waals surface area (Å²) in [7, 11) is 0. The Morgan fingerprint density at radius 1 is 1.06 bits per heavy atom. The molecule has 0 saturated carbocycles. The normalized spacial score (nSPS) is 20.7. The van der Waals surface area contributed by atoms with E-state index < -0.39 is 0 Å². The lowest BCUT2D eigenvalue weighted by molar-refractivity contribution is 0.283. The average Bonchev–Trinajstić information content (AvgIpc) is 2.85. The Hall–Kier alpha value is -2.22. The highest BCUT2D eigenvalue weighted by molar-refractivity contribution is 5.90. The van der Waals surface area contributed by atoms with Crippen LogP contribution < -0.4 is 4.74 Å². The summed E-state index contributed by atoms with van der Waals surface area (Å²) in [5.41, 5.74) is 3.11. The highest BCUT2D eigenvalue weighted by Gasteiger charge is 2.22. The zero-order chi connectivity index (χ0) is 11.2. The summed E-state index contributed by atoms with van der Waals surface area (Å²) in [4.78, 5) is 0. The second-order valence-corrected chi connectivity index (χ2v) is 4.24. The van der Waals surface area contributed by atoms with Gasteiger partial charge < -0.3 is 9.15 Å². The van der Waals surface area contributed by atoms with Crippen LogP contribution in [0.3, 0.4) is 0 Å². The van der Waals surface area contributed by atoms with Crippen LogP contribution >= 0.6 is 0 Å². The standard InChI is InChI=1S/C15H10O2/c1-2-4-13-11(3-1)9-12-14(17-13)6-5-10-7-8-16-15(10)12/h1-9,13H. The molecule has 1 atom stereocenters. The molecule has 1 unspecified atom stereocenters. The third kappa shape index (κ3) is 1.21. The van der Waals surface area contributed by atoms with Crippen LogP contribution in [0, 0.1) is 0 Å². The van der Waals surface area contributed by atoms with E-state index in [0.717, 1.165) is 22.3 Å². The monoisotopic (exact) mass is 222 g/mol. The summed E-state index contributed by atoms with van der Waals surface area (Å²) in [5.74, 6) is 0.890. The van der Waals surface area contributed by atoms with Gasteiger partial charge in [0.1, 0.15) is 17.4 Å². The molecule has 0 amide bonds. The largest absolute Gasteiger partial charge is 0.481 e. The van der Waals surface area contributed by atoms with Crippen LogP contribution in [-0.2, 0) is 0 Å². The highest BCUT2D eigenvalue weighted by atomic mass is 16.5. The number of hydrogen-bond donors (Lipinski definition) is 0. The summed E-state index contributed by atoms with van der Waals surface area (Å²) >= 11 is 0. The lowest BCUT2D eigenvalue weighted by Gasteiger charge is -2.24. The van der Waals surface area contributed by atoms with E-state index in [4.69, 9.17) is 9.15 Å². The molecule has 4 rings (SSSR count). The van der Waals surface area contributed by atoms with Gasteiger partial charge in [-0.2, -0.15) is 0 Å². The zero-order valence-corrected chi connectivity index (χ0v) is 9.09. The van der Waals surface area contributed by atoms with Gasteiger partial charge in [-0.05, 0) is 35.9 Å². The first-order valence-corrected chi connectivity index (χ1v) is 5.65. The van der Waals surface area contributed by atoms with Gasteiger partial charge in [0.05, 0.1) is 11.8 Å². The van der Waals surface area contributed by atoms with Crippen molar-refractivity contribution in [2.45, 2.75) is 6.10 Å². The molecule has 2 aliphatic rings. The van der Waals surface area contributed by atoms with Crippen LogP contribution in [0.4, 0.5) is 0 Å². The van der Waals surface area contributed by atoms with E-state index in [1.54, 1.807) is 6.26 Å². The first-order valence-electron chi connectivity index (χ1n) is 5.65. The molecule has 1 aromatic carbocycles. The number of benzene rings is 1. The van der Waals surface area contributed by atoms with Gasteiger partial charge in [0, 0.05) is 5.39 Å². The minimum atomic E-state index is 0.0416. The average molecular weight is 222 g/mol. The Morgan fingerprint density at radius 3 is 3.06 bits per heavy atom. The van der Waals surface area contributed by atoms with E-state index in [9.17, 15) is 0 Å². The third-order valence-electron chi connectivity index (χ3n) is 3.20. The molecule has 0 bridgehead atoms. The van der Waals surface area contributed by atoms with E-state index in [0.29, 0.717) is 0 Å². The van der Waals surface area contributed by atoms with E-state index in [-0.39, 0.29) is 6.10 Å². The Bertz CT molecular complexity index is 686. The first-order chi connectivity index (χ1) is 8.42. The number of allylic oxidation sites excluding steroid dienone is 2. The van der Waals surface area contributed by atoms with E-state index >= 15 is 0 Å². The molecule has 0 N–H and O–H groups in total.